The number of pyridine rings is 2. The minimum Gasteiger partial charge on any atom is -0.490 e. The number of rotatable bonds is 1. The van der Waals surface area contributed by atoms with Gasteiger partial charge in [-0.05, 0) is 43.2 Å². The smallest absolute Gasteiger partial charge is 0.272 e. The van der Waals surface area contributed by atoms with E-state index in [-0.39, 0.29) is 5.91 Å². The number of carbonyl (C=O) groups is 1. The Balaban J connectivity index is 1.47. The van der Waals surface area contributed by atoms with Crippen LogP contribution in [0.5, 0.6) is 17.4 Å². The first-order chi connectivity index (χ1) is 16.8. The molecule has 4 aromatic rings. The summed E-state index contributed by atoms with van der Waals surface area (Å²) in [7, 11) is 0. The van der Waals surface area contributed by atoms with E-state index in [0.29, 0.717) is 42.8 Å². The highest BCUT2D eigenvalue weighted by Gasteiger charge is 2.21. The molecular weight excluding hydrogens is 426 g/mol. The third-order valence-electron chi connectivity index (χ3n) is 5.95. The second kappa shape index (κ2) is 10.3. The van der Waals surface area contributed by atoms with E-state index in [1.165, 1.54) is 0 Å². The van der Waals surface area contributed by atoms with E-state index in [2.05, 4.69) is 9.97 Å². The van der Waals surface area contributed by atoms with E-state index in [0.717, 1.165) is 42.1 Å². The molecule has 0 N–H and O–H groups in total. The fraction of sp³-hybridized carbons (Fsp3) is 0.250. The molecule has 1 aliphatic rings. The second-order valence-corrected chi connectivity index (χ2v) is 8.40. The van der Waals surface area contributed by atoms with Crippen molar-refractivity contribution in [2.24, 2.45) is 0 Å². The molecule has 0 unspecified atom stereocenters. The number of nitrogens with zero attached hydrogens (tertiary/aromatic N) is 3. The highest BCUT2D eigenvalue weighted by atomic mass is 16.5. The second-order valence-electron chi connectivity index (χ2n) is 8.40. The van der Waals surface area contributed by atoms with E-state index in [1.54, 1.807) is 6.20 Å². The van der Waals surface area contributed by atoms with Gasteiger partial charge >= 0.3 is 0 Å². The molecule has 0 saturated carbocycles. The van der Waals surface area contributed by atoms with Crippen LogP contribution in [0.4, 0.5) is 0 Å². The first-order valence-electron chi connectivity index (χ1n) is 11.8. The third kappa shape index (κ3) is 5.01. The maximum Gasteiger partial charge on any atom is 0.272 e. The van der Waals surface area contributed by atoms with Gasteiger partial charge in [-0.15, -0.1) is 0 Å². The zero-order chi connectivity index (χ0) is 23.2. The zero-order valence-electron chi connectivity index (χ0n) is 19.0. The summed E-state index contributed by atoms with van der Waals surface area (Å²) in [5.74, 6) is 1.70. The number of aromatic nitrogens is 2. The quantitative estimate of drug-likeness (QED) is 0.353. The van der Waals surface area contributed by atoms with E-state index >= 15 is 0 Å². The van der Waals surface area contributed by atoms with Crippen LogP contribution in [0, 0.1) is 0 Å². The summed E-state index contributed by atoms with van der Waals surface area (Å²) >= 11 is 0. The van der Waals surface area contributed by atoms with Crippen LogP contribution in [0.2, 0.25) is 0 Å². The van der Waals surface area contributed by atoms with Crippen molar-refractivity contribution >= 4 is 16.8 Å². The molecule has 3 heterocycles. The van der Waals surface area contributed by atoms with Crippen LogP contribution in [-0.2, 0) is 6.54 Å². The molecule has 6 nitrogen and oxygen atoms in total. The number of fused-ring (bicyclic) bond motifs is 3. The van der Waals surface area contributed by atoms with E-state index < -0.39 is 0 Å². The van der Waals surface area contributed by atoms with E-state index in [9.17, 15) is 4.79 Å². The van der Waals surface area contributed by atoms with Crippen LogP contribution in [-0.4, -0.2) is 33.9 Å². The molecule has 34 heavy (non-hydrogen) atoms. The van der Waals surface area contributed by atoms with Crippen LogP contribution in [0.25, 0.3) is 10.9 Å². The number of amides is 1. The van der Waals surface area contributed by atoms with Gasteiger partial charge in [0, 0.05) is 23.7 Å². The van der Waals surface area contributed by atoms with Gasteiger partial charge in [0.1, 0.15) is 5.69 Å². The highest BCUT2D eigenvalue weighted by Crippen LogP contribution is 2.32. The Bertz CT molecular complexity index is 1290. The van der Waals surface area contributed by atoms with Crippen molar-refractivity contribution in [1.82, 2.24) is 14.9 Å². The van der Waals surface area contributed by atoms with E-state index in [4.69, 9.17) is 9.47 Å². The van der Waals surface area contributed by atoms with Crippen molar-refractivity contribution in [3.05, 3.63) is 90.3 Å². The molecule has 0 radical (unpaired) electrons. The number of para-hydroxylation sites is 3. The molecule has 2 aromatic carbocycles. The lowest BCUT2D eigenvalue weighted by atomic mass is 10.1. The Kier molecular flexibility index (Phi) is 6.66. The molecule has 0 spiro atoms. The Hall–Kier alpha value is -3.93. The summed E-state index contributed by atoms with van der Waals surface area (Å²) in [4.78, 5) is 24.5. The van der Waals surface area contributed by atoms with Crippen LogP contribution in [0.3, 0.4) is 0 Å². The van der Waals surface area contributed by atoms with Gasteiger partial charge in [0.25, 0.3) is 5.91 Å². The van der Waals surface area contributed by atoms with Crippen molar-refractivity contribution in [1.29, 1.82) is 0 Å². The molecule has 5 rings (SSSR count). The summed E-state index contributed by atoms with van der Waals surface area (Å²) in [6, 6.07) is 23.0. The standard InChI is InChI=1S/C28H27N3O3/c32-28(24-16-15-21-10-3-4-12-23(21)30-24)31-18-7-1-2-8-19-33-25-13-5-6-14-26(25)34-27-22(20-31)11-9-17-29-27/h3-6,9-17H,1-2,7-8,18-20H2. The summed E-state index contributed by atoms with van der Waals surface area (Å²) < 4.78 is 12.2. The minimum absolute atomic E-state index is 0.0867. The molecule has 172 valence electrons. The number of hydrogen-bond donors (Lipinski definition) is 0. The van der Waals surface area contributed by atoms with Gasteiger partial charge < -0.3 is 14.4 Å². The Labute approximate surface area is 199 Å². The Morgan fingerprint density at radius 1 is 0.824 bits per heavy atom. The molecule has 0 fully saturated rings. The molecule has 1 amide bonds. The first kappa shape index (κ1) is 21.9. The van der Waals surface area contributed by atoms with Crippen molar-refractivity contribution in [2.75, 3.05) is 13.2 Å². The van der Waals surface area contributed by atoms with E-state index in [1.807, 2.05) is 77.7 Å². The maximum absolute atomic E-state index is 13.6. The Morgan fingerprint density at radius 3 is 2.59 bits per heavy atom. The van der Waals surface area contributed by atoms with Crippen LogP contribution in [0.15, 0.2) is 79.0 Å². The first-order valence-corrected chi connectivity index (χ1v) is 11.8. The van der Waals surface area contributed by atoms with Crippen molar-refractivity contribution < 1.29 is 14.3 Å². The van der Waals surface area contributed by atoms with Gasteiger partial charge in [0.2, 0.25) is 5.88 Å². The van der Waals surface area contributed by atoms with Crippen LogP contribution < -0.4 is 9.47 Å². The molecule has 6 heteroatoms. The van der Waals surface area contributed by atoms with Crippen molar-refractivity contribution in [3.63, 3.8) is 0 Å². The Morgan fingerprint density at radius 2 is 1.65 bits per heavy atom. The molecular formula is C28H27N3O3. The highest BCUT2D eigenvalue weighted by molar-refractivity contribution is 5.94. The van der Waals surface area contributed by atoms with Gasteiger partial charge in [0.05, 0.1) is 18.7 Å². The van der Waals surface area contributed by atoms with Gasteiger partial charge in [-0.2, -0.15) is 0 Å². The summed E-state index contributed by atoms with van der Waals surface area (Å²) in [6.07, 6.45) is 5.62. The lowest BCUT2D eigenvalue weighted by Gasteiger charge is -2.24. The van der Waals surface area contributed by atoms with Crippen molar-refractivity contribution in [3.8, 4) is 17.4 Å². The van der Waals surface area contributed by atoms with Gasteiger partial charge in [-0.25, -0.2) is 9.97 Å². The van der Waals surface area contributed by atoms with Crippen LogP contribution >= 0.6 is 0 Å². The molecule has 2 aromatic heterocycles. The van der Waals surface area contributed by atoms with Gasteiger partial charge in [-0.1, -0.05) is 55.3 Å². The zero-order valence-corrected chi connectivity index (χ0v) is 19.0. The molecule has 1 aliphatic heterocycles. The fourth-order valence-electron chi connectivity index (χ4n) is 4.14. The topological polar surface area (TPSA) is 64.6 Å². The summed E-state index contributed by atoms with van der Waals surface area (Å²) in [5, 5.41) is 1.02. The monoisotopic (exact) mass is 453 g/mol. The molecule has 0 bridgehead atoms. The summed E-state index contributed by atoms with van der Waals surface area (Å²) in [5.41, 5.74) is 2.10. The number of carbonyl (C=O) groups excluding carboxylic acids is 1. The SMILES string of the molecule is O=C(c1ccc2ccccc2n1)N1CCCCCCOc2ccccc2Oc2ncccc2C1. The predicted molar refractivity (Wildman–Crippen MR) is 131 cm³/mol. The number of hydrogen-bond acceptors (Lipinski definition) is 5. The molecule has 0 aliphatic carbocycles. The van der Waals surface area contributed by atoms with Crippen molar-refractivity contribution in [2.45, 2.75) is 32.2 Å². The van der Waals surface area contributed by atoms with Gasteiger partial charge in [-0.3, -0.25) is 4.79 Å². The number of ether oxygens (including phenoxy) is 2. The lowest BCUT2D eigenvalue weighted by Crippen LogP contribution is -2.32. The average Bonchev–Trinajstić information content (AvgIpc) is 2.88. The maximum atomic E-state index is 13.6. The summed E-state index contributed by atoms with van der Waals surface area (Å²) in [6.45, 7) is 1.65. The van der Waals surface area contributed by atoms with Crippen LogP contribution in [0.1, 0.15) is 41.7 Å². The minimum atomic E-state index is -0.0867. The normalized spacial score (nSPS) is 14.8. The molecule has 0 atom stereocenters. The predicted octanol–water partition coefficient (Wildman–Crippen LogP) is 6.02. The van der Waals surface area contributed by atoms with Gasteiger partial charge in [0.15, 0.2) is 11.5 Å². The average molecular weight is 454 g/mol. The third-order valence-corrected chi connectivity index (χ3v) is 5.95. The fourth-order valence-corrected chi connectivity index (χ4v) is 4.14. The largest absolute Gasteiger partial charge is 0.490 e. The number of benzene rings is 2. The molecule has 0 saturated heterocycles. The lowest BCUT2D eigenvalue weighted by molar-refractivity contribution is 0.0732.